The molecule has 2 aromatic carbocycles. The monoisotopic (exact) mass is 307 g/mol. The zero-order chi connectivity index (χ0) is 16.8. The van der Waals surface area contributed by atoms with Gasteiger partial charge in [0.15, 0.2) is 0 Å². The van der Waals surface area contributed by atoms with Crippen molar-refractivity contribution in [2.24, 2.45) is 0 Å². The molecule has 1 aliphatic rings. The molecule has 0 radical (unpaired) electrons. The topological polar surface area (TPSA) is 20.3 Å². The molecule has 23 heavy (non-hydrogen) atoms. The highest BCUT2D eigenvalue weighted by atomic mass is 16.2. The van der Waals surface area contributed by atoms with Crippen LogP contribution in [0.15, 0.2) is 48.5 Å². The van der Waals surface area contributed by atoms with Crippen LogP contribution >= 0.6 is 0 Å². The minimum Gasteiger partial charge on any atom is -0.314 e. The Kier molecular flexibility index (Phi) is 3.59. The van der Waals surface area contributed by atoms with Gasteiger partial charge in [0.2, 0.25) is 5.91 Å². The van der Waals surface area contributed by atoms with Gasteiger partial charge in [-0.25, -0.2) is 0 Å². The molecule has 1 amide bonds. The van der Waals surface area contributed by atoms with E-state index in [-0.39, 0.29) is 11.3 Å². The molecule has 0 fully saturated rings. The van der Waals surface area contributed by atoms with Gasteiger partial charge in [0.1, 0.15) is 0 Å². The molecular weight excluding hydrogens is 282 g/mol. The second-order valence-corrected chi connectivity index (χ2v) is 7.84. The zero-order valence-corrected chi connectivity index (χ0v) is 14.7. The molecule has 0 aliphatic carbocycles. The molecule has 0 saturated heterocycles. The van der Waals surface area contributed by atoms with Crippen LogP contribution in [0, 0.1) is 0 Å². The molecule has 1 unspecified atom stereocenters. The summed E-state index contributed by atoms with van der Waals surface area (Å²) in [6, 6.07) is 16.8. The van der Waals surface area contributed by atoms with Gasteiger partial charge in [0.25, 0.3) is 0 Å². The molecule has 2 aromatic rings. The smallest absolute Gasteiger partial charge is 0.237 e. The third-order valence-corrected chi connectivity index (χ3v) is 5.01. The Bertz CT molecular complexity index is 739. The maximum absolute atomic E-state index is 12.8. The number of carbonyl (C=O) groups excluding carboxylic acids is 1. The first-order chi connectivity index (χ1) is 10.7. The molecule has 3 rings (SSSR count). The fraction of sp³-hybridized carbons (Fsp3) is 0.381. The van der Waals surface area contributed by atoms with Crippen molar-refractivity contribution >= 4 is 11.6 Å². The summed E-state index contributed by atoms with van der Waals surface area (Å²) in [5, 5.41) is 0. The normalized spacial score (nSPS) is 20.7. The zero-order valence-electron chi connectivity index (χ0n) is 14.7. The molecule has 0 aromatic heterocycles. The van der Waals surface area contributed by atoms with E-state index in [0.717, 1.165) is 17.7 Å². The lowest BCUT2D eigenvalue weighted by atomic mass is 9.77. The molecule has 0 bridgehead atoms. The lowest BCUT2D eigenvalue weighted by Gasteiger charge is -2.24. The summed E-state index contributed by atoms with van der Waals surface area (Å²) in [7, 11) is 1.87. The molecular formula is C21H25NO. The van der Waals surface area contributed by atoms with Crippen LogP contribution in [0.25, 0.3) is 0 Å². The van der Waals surface area contributed by atoms with Crippen molar-refractivity contribution in [1.82, 2.24) is 0 Å². The maximum Gasteiger partial charge on any atom is 0.237 e. The van der Waals surface area contributed by atoms with Gasteiger partial charge in [0, 0.05) is 12.7 Å². The molecule has 0 saturated carbocycles. The maximum atomic E-state index is 12.8. The largest absolute Gasteiger partial charge is 0.314 e. The minimum atomic E-state index is -0.478. The van der Waals surface area contributed by atoms with E-state index >= 15 is 0 Å². The standard InChI is InChI=1S/C21H25NO/c1-20(2,3)16-12-10-15(11-13-16)14-21(4)17-8-6-7-9-18(17)22(5)19(21)23/h6-13H,14H2,1-5H3. The van der Waals surface area contributed by atoms with Crippen LogP contribution in [0.5, 0.6) is 0 Å². The van der Waals surface area contributed by atoms with Gasteiger partial charge < -0.3 is 4.90 Å². The summed E-state index contributed by atoms with van der Waals surface area (Å²) in [5.74, 6) is 0.179. The molecule has 120 valence electrons. The summed E-state index contributed by atoms with van der Waals surface area (Å²) in [4.78, 5) is 14.6. The van der Waals surface area contributed by atoms with E-state index in [1.165, 1.54) is 11.1 Å². The van der Waals surface area contributed by atoms with Crippen LogP contribution in [0.1, 0.15) is 44.4 Å². The van der Waals surface area contributed by atoms with Gasteiger partial charge in [-0.1, -0.05) is 63.2 Å². The van der Waals surface area contributed by atoms with Crippen LogP contribution < -0.4 is 4.90 Å². The fourth-order valence-electron chi connectivity index (χ4n) is 3.53. The Labute approximate surface area is 139 Å². The third-order valence-electron chi connectivity index (χ3n) is 5.01. The Morgan fingerprint density at radius 2 is 1.61 bits per heavy atom. The minimum absolute atomic E-state index is 0.151. The van der Waals surface area contributed by atoms with Crippen molar-refractivity contribution in [3.05, 3.63) is 65.2 Å². The molecule has 2 heteroatoms. The second-order valence-electron chi connectivity index (χ2n) is 7.84. The fourth-order valence-corrected chi connectivity index (χ4v) is 3.53. The highest BCUT2D eigenvalue weighted by Crippen LogP contribution is 2.42. The first-order valence-electron chi connectivity index (χ1n) is 8.20. The van der Waals surface area contributed by atoms with Gasteiger partial charge in [0.05, 0.1) is 5.41 Å². The SMILES string of the molecule is CN1C(=O)C(C)(Cc2ccc(C(C)(C)C)cc2)c2ccccc21. The second kappa shape index (κ2) is 5.23. The van der Waals surface area contributed by atoms with E-state index in [1.807, 2.05) is 25.2 Å². The van der Waals surface area contributed by atoms with Crippen molar-refractivity contribution < 1.29 is 4.79 Å². The summed E-state index contributed by atoms with van der Waals surface area (Å²) >= 11 is 0. The van der Waals surface area contributed by atoms with E-state index in [0.29, 0.717) is 0 Å². The van der Waals surface area contributed by atoms with Gasteiger partial charge in [-0.2, -0.15) is 0 Å². The molecule has 0 spiro atoms. The van der Waals surface area contributed by atoms with Gasteiger partial charge >= 0.3 is 0 Å². The highest BCUT2D eigenvalue weighted by Gasteiger charge is 2.45. The van der Waals surface area contributed by atoms with Crippen LogP contribution in [0.4, 0.5) is 5.69 Å². The van der Waals surface area contributed by atoms with Crippen molar-refractivity contribution in [3.63, 3.8) is 0 Å². The number of benzene rings is 2. The molecule has 1 heterocycles. The Morgan fingerprint density at radius 3 is 2.22 bits per heavy atom. The third kappa shape index (κ3) is 2.56. The number of fused-ring (bicyclic) bond motifs is 1. The van der Waals surface area contributed by atoms with E-state index in [4.69, 9.17) is 0 Å². The van der Waals surface area contributed by atoms with Crippen LogP contribution in [-0.2, 0) is 22.0 Å². The quantitative estimate of drug-likeness (QED) is 0.802. The number of para-hydroxylation sites is 1. The average molecular weight is 307 g/mol. The van der Waals surface area contributed by atoms with Gasteiger partial charge in [-0.3, -0.25) is 4.79 Å². The highest BCUT2D eigenvalue weighted by molar-refractivity contribution is 6.07. The van der Waals surface area contributed by atoms with E-state index in [2.05, 4.69) is 58.0 Å². The van der Waals surface area contributed by atoms with Crippen molar-refractivity contribution in [1.29, 1.82) is 0 Å². The average Bonchev–Trinajstić information content (AvgIpc) is 2.70. The van der Waals surface area contributed by atoms with E-state index < -0.39 is 5.41 Å². The Hall–Kier alpha value is -2.09. The van der Waals surface area contributed by atoms with Crippen molar-refractivity contribution in [2.75, 3.05) is 11.9 Å². The summed E-state index contributed by atoms with van der Waals surface area (Å²) in [6.45, 7) is 8.72. The number of likely N-dealkylation sites (N-methyl/N-ethyl adjacent to an activating group) is 1. The number of hydrogen-bond donors (Lipinski definition) is 0. The van der Waals surface area contributed by atoms with Crippen LogP contribution in [-0.4, -0.2) is 13.0 Å². The number of amides is 1. The van der Waals surface area contributed by atoms with Crippen LogP contribution in [0.3, 0.4) is 0 Å². The van der Waals surface area contributed by atoms with Crippen LogP contribution in [0.2, 0.25) is 0 Å². The van der Waals surface area contributed by atoms with Gasteiger partial charge in [-0.15, -0.1) is 0 Å². The summed E-state index contributed by atoms with van der Waals surface area (Å²) < 4.78 is 0. The first kappa shape index (κ1) is 15.8. The Morgan fingerprint density at radius 1 is 1.00 bits per heavy atom. The number of anilines is 1. The van der Waals surface area contributed by atoms with Crippen molar-refractivity contribution in [3.8, 4) is 0 Å². The predicted molar refractivity (Wildman–Crippen MR) is 96.1 cm³/mol. The molecule has 0 N–H and O–H groups in total. The summed E-state index contributed by atoms with van der Waals surface area (Å²) in [5.41, 5.74) is 4.37. The Balaban J connectivity index is 1.95. The van der Waals surface area contributed by atoms with Gasteiger partial charge in [-0.05, 0) is 41.5 Å². The first-order valence-corrected chi connectivity index (χ1v) is 8.20. The van der Waals surface area contributed by atoms with Crippen molar-refractivity contribution in [2.45, 2.75) is 44.9 Å². The lowest BCUT2D eigenvalue weighted by Crippen LogP contribution is -2.37. The molecule has 1 aliphatic heterocycles. The lowest BCUT2D eigenvalue weighted by molar-refractivity contribution is -0.122. The molecule has 2 nitrogen and oxygen atoms in total. The van der Waals surface area contributed by atoms with E-state index in [1.54, 1.807) is 4.90 Å². The number of hydrogen-bond acceptors (Lipinski definition) is 1. The predicted octanol–water partition coefficient (Wildman–Crippen LogP) is 4.46. The number of carbonyl (C=O) groups is 1. The van der Waals surface area contributed by atoms with E-state index in [9.17, 15) is 4.79 Å². The number of rotatable bonds is 2. The summed E-state index contributed by atoms with van der Waals surface area (Å²) in [6.07, 6.45) is 0.734. The molecule has 1 atom stereocenters. The number of nitrogens with zero attached hydrogens (tertiary/aromatic N) is 1.